The second-order valence-corrected chi connectivity index (χ2v) is 5.38. The quantitative estimate of drug-likeness (QED) is 0.454. The minimum absolute atomic E-state index is 0.0789. The van der Waals surface area contributed by atoms with Crippen molar-refractivity contribution in [1.29, 1.82) is 0 Å². The fraction of sp³-hybridized carbons (Fsp3) is 0.312. The Kier molecular flexibility index (Phi) is 7.85. The van der Waals surface area contributed by atoms with Gasteiger partial charge in [0.15, 0.2) is 11.6 Å². The van der Waals surface area contributed by atoms with Crippen LogP contribution in [0.15, 0.2) is 23.4 Å². The lowest BCUT2D eigenvalue weighted by Gasteiger charge is -2.14. The third-order valence-corrected chi connectivity index (χ3v) is 3.17. The fourth-order valence-electron chi connectivity index (χ4n) is 1.70. The first kappa shape index (κ1) is 21.2. The van der Waals surface area contributed by atoms with Crippen molar-refractivity contribution in [3.05, 3.63) is 34.2 Å². The minimum atomic E-state index is -1.18. The number of methoxy groups -OCH3 is 1. The van der Waals surface area contributed by atoms with E-state index in [1.165, 1.54) is 6.07 Å². The van der Waals surface area contributed by atoms with E-state index in [4.69, 9.17) is 16.3 Å². The van der Waals surface area contributed by atoms with E-state index in [1.807, 2.05) is 0 Å². The van der Waals surface area contributed by atoms with Gasteiger partial charge in [-0.2, -0.15) is 0 Å². The predicted molar refractivity (Wildman–Crippen MR) is 91.6 cm³/mol. The maximum Gasteiger partial charge on any atom is 0.513 e. The van der Waals surface area contributed by atoms with Crippen LogP contribution in [0.2, 0.25) is 5.02 Å². The number of carbonyl (C=O) groups is 3. The Labute approximate surface area is 154 Å². The molecule has 0 aliphatic heterocycles. The van der Waals surface area contributed by atoms with Crippen LogP contribution in [0.1, 0.15) is 20.8 Å². The second-order valence-electron chi connectivity index (χ2n) is 4.97. The summed E-state index contributed by atoms with van der Waals surface area (Å²) < 4.78 is 28.1. The molecule has 0 aromatic heterocycles. The van der Waals surface area contributed by atoms with Gasteiger partial charge in [-0.3, -0.25) is 0 Å². The molecule has 0 saturated heterocycles. The van der Waals surface area contributed by atoms with E-state index in [9.17, 15) is 18.8 Å². The van der Waals surface area contributed by atoms with Crippen molar-refractivity contribution in [2.45, 2.75) is 20.8 Å². The number of esters is 1. The molecular formula is C16H18ClFN2O6. The highest BCUT2D eigenvalue weighted by molar-refractivity contribution is 6.32. The number of carbonyl (C=O) groups excluding carboxylic acids is 3. The Morgan fingerprint density at radius 2 is 1.88 bits per heavy atom. The van der Waals surface area contributed by atoms with Crippen LogP contribution >= 0.6 is 11.6 Å². The van der Waals surface area contributed by atoms with Gasteiger partial charge in [-0.15, -0.1) is 0 Å². The third-order valence-electron chi connectivity index (χ3n) is 2.87. The molecule has 26 heavy (non-hydrogen) atoms. The number of benzene rings is 1. The Bertz CT molecular complexity index is 747. The van der Waals surface area contributed by atoms with Crippen LogP contribution in [0.5, 0.6) is 5.75 Å². The number of urea groups is 1. The molecule has 10 heteroatoms. The van der Waals surface area contributed by atoms with Crippen LogP contribution in [0.25, 0.3) is 0 Å². The van der Waals surface area contributed by atoms with Crippen molar-refractivity contribution in [3.8, 4) is 5.75 Å². The van der Waals surface area contributed by atoms with Gasteiger partial charge in [0.25, 0.3) is 0 Å². The molecule has 1 aromatic carbocycles. The van der Waals surface area contributed by atoms with E-state index in [0.29, 0.717) is 5.57 Å². The van der Waals surface area contributed by atoms with Crippen LogP contribution in [0.4, 0.5) is 19.7 Å². The van der Waals surface area contributed by atoms with E-state index >= 15 is 0 Å². The van der Waals surface area contributed by atoms with Gasteiger partial charge in [-0.1, -0.05) is 11.6 Å². The van der Waals surface area contributed by atoms with Crippen molar-refractivity contribution >= 4 is 35.4 Å². The summed E-state index contributed by atoms with van der Waals surface area (Å²) in [6.07, 6.45) is -1.18. The SMILES string of the molecule is CCOC(=O)C(NC(=O)Nc1ccc(Cl)c(OC(=O)OC)c1F)=C(C)C. The van der Waals surface area contributed by atoms with E-state index < -0.39 is 29.7 Å². The van der Waals surface area contributed by atoms with Gasteiger partial charge in [-0.05, 0) is 38.5 Å². The number of hydrogen-bond donors (Lipinski definition) is 2. The van der Waals surface area contributed by atoms with Crippen LogP contribution in [-0.4, -0.2) is 31.9 Å². The van der Waals surface area contributed by atoms with Crippen molar-refractivity contribution in [3.63, 3.8) is 0 Å². The first-order valence-electron chi connectivity index (χ1n) is 7.37. The topological polar surface area (TPSA) is 103 Å². The summed E-state index contributed by atoms with van der Waals surface area (Å²) in [5, 5.41) is 4.28. The van der Waals surface area contributed by atoms with Gasteiger partial charge in [-0.25, -0.2) is 18.8 Å². The second kappa shape index (κ2) is 9.62. The maximum absolute atomic E-state index is 14.4. The highest BCUT2D eigenvalue weighted by Crippen LogP contribution is 2.33. The zero-order valence-electron chi connectivity index (χ0n) is 14.6. The summed E-state index contributed by atoms with van der Waals surface area (Å²) in [6, 6.07) is 1.47. The molecule has 0 saturated carbocycles. The highest BCUT2D eigenvalue weighted by atomic mass is 35.5. The number of rotatable bonds is 5. The number of halogens is 2. The first-order valence-corrected chi connectivity index (χ1v) is 7.75. The van der Waals surface area contributed by atoms with Crippen LogP contribution in [-0.2, 0) is 14.3 Å². The van der Waals surface area contributed by atoms with Gasteiger partial charge in [0, 0.05) is 0 Å². The average molecular weight is 389 g/mol. The molecule has 1 aromatic rings. The summed E-state index contributed by atoms with van der Waals surface area (Å²) >= 11 is 5.77. The van der Waals surface area contributed by atoms with Crippen LogP contribution in [0.3, 0.4) is 0 Å². The maximum atomic E-state index is 14.4. The van der Waals surface area contributed by atoms with Crippen LogP contribution in [0, 0.1) is 5.82 Å². The lowest BCUT2D eigenvalue weighted by Crippen LogP contribution is -2.33. The summed E-state index contributed by atoms with van der Waals surface area (Å²) in [4.78, 5) is 35.0. The van der Waals surface area contributed by atoms with E-state index in [-0.39, 0.29) is 23.0 Å². The minimum Gasteiger partial charge on any atom is -0.461 e. The van der Waals surface area contributed by atoms with E-state index in [0.717, 1.165) is 13.2 Å². The molecule has 0 fully saturated rings. The molecule has 0 bridgehead atoms. The predicted octanol–water partition coefficient (Wildman–Crippen LogP) is 3.60. The summed E-state index contributed by atoms with van der Waals surface area (Å²) in [6.45, 7) is 4.93. The number of nitrogens with one attached hydrogen (secondary N) is 2. The summed E-state index contributed by atoms with van der Waals surface area (Å²) in [7, 11) is 1.04. The standard InChI is InChI=1S/C16H18ClFN2O6/c1-5-25-14(21)12(8(2)3)20-15(22)19-10-7-6-9(17)13(11(10)18)26-16(23)24-4/h6-7H,5H2,1-4H3,(H2,19,20,22). The van der Waals surface area contributed by atoms with Gasteiger partial charge >= 0.3 is 18.2 Å². The molecule has 2 amide bonds. The lowest BCUT2D eigenvalue weighted by molar-refractivity contribution is -0.138. The number of allylic oxidation sites excluding steroid dienone is 1. The third kappa shape index (κ3) is 5.62. The number of anilines is 1. The van der Waals surface area contributed by atoms with E-state index in [1.54, 1.807) is 20.8 Å². The molecule has 0 aliphatic rings. The smallest absolute Gasteiger partial charge is 0.461 e. The Hall–Kier alpha value is -2.81. The molecule has 8 nitrogen and oxygen atoms in total. The first-order chi connectivity index (χ1) is 12.2. The van der Waals surface area contributed by atoms with Crippen molar-refractivity contribution in [1.82, 2.24) is 5.32 Å². The molecule has 0 aliphatic carbocycles. The highest BCUT2D eigenvalue weighted by Gasteiger charge is 2.21. The van der Waals surface area contributed by atoms with Crippen LogP contribution < -0.4 is 15.4 Å². The number of hydrogen-bond acceptors (Lipinski definition) is 6. The average Bonchev–Trinajstić information content (AvgIpc) is 2.58. The fourth-order valence-corrected chi connectivity index (χ4v) is 1.88. The normalized spacial score (nSPS) is 9.77. The molecule has 0 heterocycles. The molecule has 0 atom stereocenters. The van der Waals surface area contributed by atoms with E-state index in [2.05, 4.69) is 20.1 Å². The van der Waals surface area contributed by atoms with Gasteiger partial charge in [0.2, 0.25) is 0 Å². The number of amides is 2. The zero-order valence-corrected chi connectivity index (χ0v) is 15.3. The monoisotopic (exact) mass is 388 g/mol. The molecular weight excluding hydrogens is 371 g/mol. The Morgan fingerprint density at radius 3 is 2.42 bits per heavy atom. The van der Waals surface area contributed by atoms with Gasteiger partial charge in [0.1, 0.15) is 5.70 Å². The summed E-state index contributed by atoms with van der Waals surface area (Å²) in [5.74, 6) is -2.42. The van der Waals surface area contributed by atoms with Gasteiger partial charge < -0.3 is 24.8 Å². The lowest BCUT2D eigenvalue weighted by atomic mass is 10.2. The Morgan fingerprint density at radius 1 is 1.23 bits per heavy atom. The molecule has 0 spiro atoms. The molecule has 0 unspecified atom stereocenters. The number of ether oxygens (including phenoxy) is 3. The molecule has 142 valence electrons. The van der Waals surface area contributed by atoms with Crippen molar-refractivity contribution in [2.75, 3.05) is 19.0 Å². The zero-order chi connectivity index (χ0) is 19.9. The molecule has 2 N–H and O–H groups in total. The summed E-state index contributed by atoms with van der Waals surface area (Å²) in [5.41, 5.74) is 0.0809. The molecule has 1 rings (SSSR count). The van der Waals surface area contributed by atoms with Gasteiger partial charge in [0.05, 0.1) is 24.4 Å². The largest absolute Gasteiger partial charge is 0.513 e. The Balaban J connectivity index is 2.99. The van der Waals surface area contributed by atoms with Crippen molar-refractivity contribution in [2.24, 2.45) is 0 Å². The van der Waals surface area contributed by atoms with Crippen molar-refractivity contribution < 1.29 is 33.0 Å². The molecule has 0 radical (unpaired) electrons.